The van der Waals surface area contributed by atoms with Crippen LogP contribution in [0.4, 0.5) is 0 Å². The molecule has 0 radical (unpaired) electrons. The molecule has 0 unspecified atom stereocenters. The van der Waals surface area contributed by atoms with Gasteiger partial charge in [0.15, 0.2) is 5.17 Å². The molecule has 2 aromatic carbocycles. The highest BCUT2D eigenvalue weighted by molar-refractivity contribution is 8.13. The van der Waals surface area contributed by atoms with Crippen molar-refractivity contribution in [1.29, 1.82) is 0 Å². The maximum atomic E-state index is 5.97. The van der Waals surface area contributed by atoms with Gasteiger partial charge in [-0.15, -0.1) is 0 Å². The molecule has 22 heavy (non-hydrogen) atoms. The lowest BCUT2D eigenvalue weighted by Gasteiger charge is -2.09. The Hall–Kier alpha value is -1.94. The van der Waals surface area contributed by atoms with E-state index in [2.05, 4.69) is 24.0 Å². The minimum Gasteiger partial charge on any atom is -0.493 e. The molecular formula is C18H22N2OS. The SMILES string of the molecule is Cc1ccc(OCCSC(N)=N[C@H](C)c2ccccc2)cc1. The fraction of sp³-hybridized carbons (Fsp3) is 0.278. The Morgan fingerprint density at radius 1 is 1.14 bits per heavy atom. The predicted octanol–water partition coefficient (Wildman–Crippen LogP) is 4.18. The molecule has 0 saturated heterocycles. The summed E-state index contributed by atoms with van der Waals surface area (Å²) in [7, 11) is 0. The largest absolute Gasteiger partial charge is 0.493 e. The fourth-order valence-corrected chi connectivity index (χ4v) is 2.58. The van der Waals surface area contributed by atoms with E-state index in [0.717, 1.165) is 11.5 Å². The average molecular weight is 314 g/mol. The van der Waals surface area contributed by atoms with E-state index >= 15 is 0 Å². The van der Waals surface area contributed by atoms with Crippen molar-refractivity contribution in [2.75, 3.05) is 12.4 Å². The first-order valence-electron chi connectivity index (χ1n) is 7.35. The van der Waals surface area contributed by atoms with Gasteiger partial charge < -0.3 is 10.5 Å². The number of ether oxygens (including phenoxy) is 1. The quantitative estimate of drug-likeness (QED) is 0.494. The molecule has 0 heterocycles. The lowest BCUT2D eigenvalue weighted by Crippen LogP contribution is -2.12. The molecule has 0 aliphatic heterocycles. The summed E-state index contributed by atoms with van der Waals surface area (Å²) in [5.41, 5.74) is 8.37. The van der Waals surface area contributed by atoms with Gasteiger partial charge in [0.05, 0.1) is 12.6 Å². The van der Waals surface area contributed by atoms with Crippen LogP contribution < -0.4 is 10.5 Å². The summed E-state index contributed by atoms with van der Waals surface area (Å²) < 4.78 is 5.67. The number of amidine groups is 1. The average Bonchev–Trinajstić information content (AvgIpc) is 2.54. The van der Waals surface area contributed by atoms with Gasteiger partial charge in [0.25, 0.3) is 0 Å². The highest BCUT2D eigenvalue weighted by Crippen LogP contribution is 2.17. The zero-order chi connectivity index (χ0) is 15.8. The van der Waals surface area contributed by atoms with Crippen LogP contribution >= 0.6 is 11.8 Å². The van der Waals surface area contributed by atoms with E-state index < -0.39 is 0 Å². The third-order valence-corrected chi connectivity index (χ3v) is 4.00. The summed E-state index contributed by atoms with van der Waals surface area (Å²) in [6.45, 7) is 4.72. The van der Waals surface area contributed by atoms with Gasteiger partial charge in [0.2, 0.25) is 0 Å². The Bertz CT molecular complexity index is 596. The molecule has 2 aromatic rings. The van der Waals surface area contributed by atoms with Crippen molar-refractivity contribution in [3.05, 3.63) is 65.7 Å². The summed E-state index contributed by atoms with van der Waals surface area (Å²) in [4.78, 5) is 4.51. The zero-order valence-corrected chi connectivity index (χ0v) is 13.8. The number of aryl methyl sites for hydroxylation is 1. The number of rotatable bonds is 6. The summed E-state index contributed by atoms with van der Waals surface area (Å²) in [6.07, 6.45) is 0. The molecule has 3 nitrogen and oxygen atoms in total. The number of nitrogens with two attached hydrogens (primary N) is 1. The second-order valence-electron chi connectivity index (χ2n) is 5.06. The maximum absolute atomic E-state index is 5.97. The molecule has 0 aliphatic carbocycles. The van der Waals surface area contributed by atoms with Gasteiger partial charge in [-0.25, -0.2) is 0 Å². The van der Waals surface area contributed by atoms with E-state index in [1.165, 1.54) is 22.9 Å². The number of hydrogen-bond donors (Lipinski definition) is 1. The van der Waals surface area contributed by atoms with Gasteiger partial charge in [-0.05, 0) is 31.5 Å². The van der Waals surface area contributed by atoms with Gasteiger partial charge in [0.1, 0.15) is 5.75 Å². The van der Waals surface area contributed by atoms with Crippen molar-refractivity contribution in [3.8, 4) is 5.75 Å². The zero-order valence-electron chi connectivity index (χ0n) is 13.0. The molecule has 2 N–H and O–H groups in total. The van der Waals surface area contributed by atoms with Crippen LogP contribution in [-0.4, -0.2) is 17.5 Å². The molecular weight excluding hydrogens is 292 g/mol. The summed E-state index contributed by atoms with van der Waals surface area (Å²) >= 11 is 1.52. The Kier molecular flexibility index (Phi) is 6.34. The molecule has 116 valence electrons. The van der Waals surface area contributed by atoms with Crippen molar-refractivity contribution < 1.29 is 4.74 Å². The normalized spacial score (nSPS) is 12.9. The molecule has 0 fully saturated rings. The van der Waals surface area contributed by atoms with Gasteiger partial charge in [-0.3, -0.25) is 4.99 Å². The van der Waals surface area contributed by atoms with Crippen LogP contribution in [0.5, 0.6) is 5.75 Å². The van der Waals surface area contributed by atoms with Gasteiger partial charge in [0, 0.05) is 5.75 Å². The summed E-state index contributed by atoms with van der Waals surface area (Å²) in [5.74, 6) is 1.67. The molecule has 0 aromatic heterocycles. The van der Waals surface area contributed by atoms with Crippen molar-refractivity contribution in [3.63, 3.8) is 0 Å². The molecule has 1 atom stereocenters. The number of benzene rings is 2. The third-order valence-electron chi connectivity index (χ3n) is 3.23. The van der Waals surface area contributed by atoms with Crippen molar-refractivity contribution in [2.45, 2.75) is 19.9 Å². The second kappa shape index (κ2) is 8.49. The highest BCUT2D eigenvalue weighted by atomic mass is 32.2. The monoisotopic (exact) mass is 314 g/mol. The van der Waals surface area contributed by atoms with Crippen LogP contribution in [0.15, 0.2) is 59.6 Å². The van der Waals surface area contributed by atoms with Crippen LogP contribution in [-0.2, 0) is 0 Å². The Morgan fingerprint density at radius 3 is 2.50 bits per heavy atom. The van der Waals surface area contributed by atoms with E-state index in [0.29, 0.717) is 11.8 Å². The molecule has 0 amide bonds. The van der Waals surface area contributed by atoms with E-state index in [9.17, 15) is 0 Å². The number of hydrogen-bond acceptors (Lipinski definition) is 3. The van der Waals surface area contributed by atoms with Crippen LogP contribution in [0.1, 0.15) is 24.1 Å². The van der Waals surface area contributed by atoms with Gasteiger partial charge in [-0.1, -0.05) is 59.8 Å². The minimum absolute atomic E-state index is 0.0757. The van der Waals surface area contributed by atoms with Crippen LogP contribution in [0.25, 0.3) is 0 Å². The lowest BCUT2D eigenvalue weighted by molar-refractivity contribution is 0.344. The number of thioether (sulfide) groups is 1. The first-order valence-corrected chi connectivity index (χ1v) is 8.34. The van der Waals surface area contributed by atoms with Gasteiger partial charge in [-0.2, -0.15) is 0 Å². The van der Waals surface area contributed by atoms with Crippen LogP contribution in [0.3, 0.4) is 0 Å². The van der Waals surface area contributed by atoms with E-state index in [1.807, 2.05) is 49.4 Å². The van der Waals surface area contributed by atoms with Crippen molar-refractivity contribution in [2.24, 2.45) is 10.7 Å². The van der Waals surface area contributed by atoms with Gasteiger partial charge >= 0.3 is 0 Å². The molecule has 0 spiro atoms. The predicted molar refractivity (Wildman–Crippen MR) is 95.6 cm³/mol. The van der Waals surface area contributed by atoms with Crippen LogP contribution in [0.2, 0.25) is 0 Å². The second-order valence-corrected chi connectivity index (χ2v) is 6.18. The Balaban J connectivity index is 1.74. The van der Waals surface area contributed by atoms with Crippen molar-refractivity contribution >= 4 is 16.9 Å². The van der Waals surface area contributed by atoms with Crippen molar-refractivity contribution in [1.82, 2.24) is 0 Å². The lowest BCUT2D eigenvalue weighted by atomic mass is 10.1. The molecule has 0 bridgehead atoms. The molecule has 0 saturated carbocycles. The first-order chi connectivity index (χ1) is 10.6. The van der Waals surface area contributed by atoms with E-state index in [4.69, 9.17) is 10.5 Å². The van der Waals surface area contributed by atoms with E-state index in [1.54, 1.807) is 0 Å². The number of nitrogens with zero attached hydrogens (tertiary/aromatic N) is 1. The topological polar surface area (TPSA) is 47.6 Å². The molecule has 4 heteroatoms. The smallest absolute Gasteiger partial charge is 0.154 e. The fourth-order valence-electron chi connectivity index (χ4n) is 1.97. The Morgan fingerprint density at radius 2 is 1.82 bits per heavy atom. The standard InChI is InChI=1S/C18H22N2OS/c1-14-8-10-17(11-9-14)21-12-13-22-18(19)20-15(2)16-6-4-3-5-7-16/h3-11,15H,12-13H2,1-2H3,(H2,19,20)/t15-/m1/s1. The van der Waals surface area contributed by atoms with E-state index in [-0.39, 0.29) is 6.04 Å². The maximum Gasteiger partial charge on any atom is 0.154 e. The third kappa shape index (κ3) is 5.45. The summed E-state index contributed by atoms with van der Waals surface area (Å²) in [5, 5.41) is 0.601. The van der Waals surface area contributed by atoms with Crippen LogP contribution in [0, 0.1) is 6.92 Å². The Labute approximate surface area is 136 Å². The first kappa shape index (κ1) is 16.4. The summed E-state index contributed by atoms with van der Waals surface area (Å²) in [6, 6.07) is 18.3. The highest BCUT2D eigenvalue weighted by Gasteiger charge is 2.04. The molecule has 0 aliphatic rings. The molecule has 2 rings (SSSR count). The number of aliphatic imine (C=N–C) groups is 1. The minimum atomic E-state index is 0.0757.